The molecule has 0 atom stereocenters. The zero-order chi connectivity index (χ0) is 58.2. The van der Waals surface area contributed by atoms with Gasteiger partial charge in [-0.15, -0.1) is 0 Å². The highest BCUT2D eigenvalue weighted by molar-refractivity contribution is 6.05. The molecule has 3 amide bonds. The van der Waals surface area contributed by atoms with E-state index in [1.807, 2.05) is 115 Å². The summed E-state index contributed by atoms with van der Waals surface area (Å²) in [6.07, 6.45) is 15.4. The minimum absolute atomic E-state index is 0.182. The number of carboxylic acids is 1. The number of ether oxygens (including phenoxy) is 4. The van der Waals surface area contributed by atoms with Crippen LogP contribution >= 0.6 is 0 Å². The van der Waals surface area contributed by atoms with E-state index in [1.54, 1.807) is 36.7 Å². The second-order valence-electron chi connectivity index (χ2n) is 18.3. The number of carbonyl (C=O) groups excluding carboxylic acids is 3. The molecule has 0 aliphatic carbocycles. The average molecular weight is 1110 g/mol. The topological polar surface area (TPSA) is 263 Å². The molecule has 19 heteroatoms. The zero-order valence-electron chi connectivity index (χ0n) is 45.1. The molecule has 8 N–H and O–H groups in total. The molecule has 12 bridgehead atoms. The molecule has 8 aromatic rings. The Morgan fingerprint density at radius 3 is 1.54 bits per heavy atom. The van der Waals surface area contributed by atoms with Crippen molar-refractivity contribution in [2.45, 2.75) is 26.1 Å². The van der Waals surface area contributed by atoms with Gasteiger partial charge in [-0.05, 0) is 157 Å². The molecule has 6 aromatic carbocycles. The van der Waals surface area contributed by atoms with Gasteiger partial charge >= 0.3 is 5.97 Å². The highest BCUT2D eigenvalue weighted by Gasteiger charge is 2.13. The van der Waals surface area contributed by atoms with Crippen molar-refractivity contribution in [3.8, 4) is 34.0 Å². The summed E-state index contributed by atoms with van der Waals surface area (Å²) in [5.41, 5.74) is 15.8. The molecule has 19 nitrogen and oxygen atoms in total. The van der Waals surface area contributed by atoms with E-state index in [0.717, 1.165) is 69.7 Å². The first-order valence-corrected chi connectivity index (χ1v) is 26.2. The quantitative estimate of drug-likeness (QED) is 0.0444. The number of nitrogens with zero attached hydrogens (tertiary/aromatic N) is 4. The van der Waals surface area contributed by atoms with Gasteiger partial charge in [0.05, 0.1) is 56.6 Å². The summed E-state index contributed by atoms with van der Waals surface area (Å²) in [6, 6.07) is 43.2. The smallest absolute Gasteiger partial charge is 0.335 e. The van der Waals surface area contributed by atoms with Gasteiger partial charge in [0.2, 0.25) is 23.7 Å². The van der Waals surface area contributed by atoms with Crippen LogP contribution in [0.3, 0.4) is 0 Å². The fraction of sp³-hybridized carbons (Fsp3) is 0.125. The minimum Gasteiger partial charge on any atom is -0.493 e. The Morgan fingerprint density at radius 1 is 0.542 bits per heavy atom. The number of carboxylic acid groups (broad SMARTS) is 1. The summed E-state index contributed by atoms with van der Waals surface area (Å²) < 4.78 is 23.3. The Balaban J connectivity index is 0.000000184. The van der Waals surface area contributed by atoms with Crippen LogP contribution in [0.25, 0.3) is 22.5 Å². The van der Waals surface area contributed by atoms with Gasteiger partial charge in [-0.3, -0.25) is 14.4 Å². The van der Waals surface area contributed by atoms with Crippen molar-refractivity contribution in [2.75, 3.05) is 58.7 Å². The largest absolute Gasteiger partial charge is 0.493 e. The van der Waals surface area contributed by atoms with Gasteiger partial charge in [0.15, 0.2) is 0 Å². The van der Waals surface area contributed by atoms with E-state index >= 15 is 0 Å². The van der Waals surface area contributed by atoms with Gasteiger partial charge in [-0.2, -0.15) is 0 Å². The molecule has 420 valence electrons. The third-order valence-corrected chi connectivity index (χ3v) is 11.9. The first kappa shape index (κ1) is 58.4. The summed E-state index contributed by atoms with van der Waals surface area (Å²) in [4.78, 5) is 64.0. The third-order valence-electron chi connectivity index (χ3n) is 11.9. The molecule has 0 fully saturated rings. The van der Waals surface area contributed by atoms with E-state index in [4.69, 9.17) is 34.8 Å². The molecule has 4 heterocycles. The van der Waals surface area contributed by atoms with Crippen LogP contribution in [0.1, 0.15) is 44.7 Å². The van der Waals surface area contributed by atoms with E-state index in [1.165, 1.54) is 30.3 Å². The van der Waals surface area contributed by atoms with Gasteiger partial charge in [-0.1, -0.05) is 61.7 Å². The van der Waals surface area contributed by atoms with Crippen molar-refractivity contribution in [2.24, 2.45) is 0 Å². The molecule has 2 aliphatic rings. The van der Waals surface area contributed by atoms with Crippen molar-refractivity contribution in [1.82, 2.24) is 19.9 Å². The highest BCUT2D eigenvalue weighted by Crippen LogP contribution is 2.28. The predicted octanol–water partition coefficient (Wildman–Crippen LogP) is 12.0. The number of aromatic nitrogens is 4. The van der Waals surface area contributed by atoms with Gasteiger partial charge < -0.3 is 56.4 Å². The lowest BCUT2D eigenvalue weighted by Gasteiger charge is -2.13. The lowest BCUT2D eigenvalue weighted by atomic mass is 10.1. The molecule has 0 unspecified atom stereocenters. The van der Waals surface area contributed by atoms with Gasteiger partial charge in [0, 0.05) is 63.2 Å². The van der Waals surface area contributed by atoms with Crippen LogP contribution < -0.4 is 41.8 Å². The predicted molar refractivity (Wildman–Crippen MR) is 322 cm³/mol. The first-order chi connectivity index (χ1) is 40.4. The maximum absolute atomic E-state index is 13.0. The van der Waals surface area contributed by atoms with E-state index in [-0.39, 0.29) is 23.3 Å². The number of nitrogen functional groups attached to an aromatic ring is 1. The molecule has 0 saturated heterocycles. The second-order valence-corrected chi connectivity index (χ2v) is 18.3. The van der Waals surface area contributed by atoms with Crippen molar-refractivity contribution >= 4 is 69.7 Å². The summed E-state index contributed by atoms with van der Waals surface area (Å²) in [7, 11) is 0. The normalized spacial score (nSPS) is 13.5. The number of amides is 3. The van der Waals surface area contributed by atoms with Crippen LogP contribution in [0.4, 0.5) is 46.0 Å². The number of nitrogens with two attached hydrogens (primary N) is 1. The van der Waals surface area contributed by atoms with Gasteiger partial charge in [-0.25, -0.2) is 24.7 Å². The van der Waals surface area contributed by atoms with Crippen molar-refractivity contribution < 1.29 is 43.2 Å². The Hall–Kier alpha value is -10.8. The van der Waals surface area contributed by atoms with Crippen molar-refractivity contribution in [1.29, 1.82) is 0 Å². The number of hydrogen-bond donors (Lipinski definition) is 7. The van der Waals surface area contributed by atoms with Crippen LogP contribution in [0.2, 0.25) is 0 Å². The molecule has 10 rings (SSSR count). The number of hydrogen-bond acceptors (Lipinski definition) is 15. The van der Waals surface area contributed by atoms with Gasteiger partial charge in [0.25, 0.3) is 5.91 Å². The first-order valence-electron chi connectivity index (χ1n) is 26.2. The van der Waals surface area contributed by atoms with E-state index < -0.39 is 5.97 Å². The Labute approximate surface area is 479 Å². The average Bonchev–Trinajstić information content (AvgIpc) is 3.49. The van der Waals surface area contributed by atoms with Crippen LogP contribution in [0, 0.1) is 0 Å². The zero-order valence-corrected chi connectivity index (χ0v) is 45.1. The third kappa shape index (κ3) is 18.7. The molecule has 0 spiro atoms. The minimum atomic E-state index is -0.994. The second kappa shape index (κ2) is 30.0. The number of aromatic carboxylic acids is 1. The number of benzene rings is 6. The summed E-state index contributed by atoms with van der Waals surface area (Å²) in [5.74, 6) is 0.559. The SMILES string of the molecule is C=CC(=O)Nc1ccc(C(=O)Nc2cc3cc(c2)Nc2nccc(n2)-c2cccc(c2)OCC/C=C/COC3)cc1.C=CC(=O)Nc1ccc(C(=O)O)cc1.Nc1cc2cc(c1)Nc1nccc(n1)-c1cccc(c1)OCC/C=C/COC2. The van der Waals surface area contributed by atoms with Crippen LogP contribution in [0.5, 0.6) is 11.5 Å². The van der Waals surface area contributed by atoms with Crippen LogP contribution in [-0.4, -0.2) is 75.2 Å². The van der Waals surface area contributed by atoms with E-state index in [2.05, 4.69) is 60.8 Å². The Kier molecular flexibility index (Phi) is 21.1. The summed E-state index contributed by atoms with van der Waals surface area (Å²) in [5, 5.41) is 23.2. The summed E-state index contributed by atoms with van der Waals surface area (Å²) in [6.45, 7) is 9.68. The fourth-order valence-electron chi connectivity index (χ4n) is 8.04. The van der Waals surface area contributed by atoms with Crippen LogP contribution in [-0.2, 0) is 32.3 Å². The Bertz CT molecular complexity index is 3630. The number of nitrogens with one attached hydrogen (secondary N) is 5. The maximum atomic E-state index is 13.0. The Morgan fingerprint density at radius 2 is 1.04 bits per heavy atom. The van der Waals surface area contributed by atoms with E-state index in [9.17, 15) is 19.2 Å². The summed E-state index contributed by atoms with van der Waals surface area (Å²) >= 11 is 0. The van der Waals surface area contributed by atoms with Crippen molar-refractivity contribution in [3.05, 3.63) is 230 Å². The standard InChI is InChI=1S/C32H29N5O4.C22H22N4O2.C10H9NO3/c1-2-30(38)34-25-11-9-23(10-12-25)31(39)35-26-17-22-18-27(20-26)36-32-33-14-13-29(37-32)24-7-6-8-28(19-24)41-16-5-3-4-15-40-21-22;23-18-11-16-12-19(14-18)25-22-24-8-7-21(26-22)17-5-4-6-20(13-17)28-10-3-1-2-9-27-15-16;1-2-9(12)11-8-5-3-7(4-6-8)10(13)14/h2-4,6-14,17-20H,1,5,15-16,21H2,(H,34,38)(H,35,39)(H,33,36,37);1-2,4-8,11-14H,3,9-10,15,23H2,(H,24,25,26);2-6H,1H2,(H,11,12)(H,13,14)/b4-3+;2-1+;. The molecule has 0 saturated carbocycles. The van der Waals surface area contributed by atoms with Crippen LogP contribution in [0.15, 0.2) is 208 Å². The lowest BCUT2D eigenvalue weighted by molar-refractivity contribution is -0.112. The molecule has 0 radical (unpaired) electrons. The lowest BCUT2D eigenvalue weighted by Crippen LogP contribution is -2.13. The number of rotatable bonds is 7. The van der Waals surface area contributed by atoms with Gasteiger partial charge in [0.1, 0.15) is 11.5 Å². The number of anilines is 8. The fourth-order valence-corrected chi connectivity index (χ4v) is 8.04. The highest BCUT2D eigenvalue weighted by atomic mass is 16.5. The maximum Gasteiger partial charge on any atom is 0.335 e. The molecular weight excluding hydrogens is 1050 g/mol. The molecule has 83 heavy (non-hydrogen) atoms. The molecule has 2 aliphatic heterocycles. The van der Waals surface area contributed by atoms with E-state index in [0.29, 0.717) is 85.5 Å². The number of carbonyl (C=O) groups is 4. The number of fused-ring (bicyclic) bond motifs is 14. The van der Waals surface area contributed by atoms with Crippen molar-refractivity contribution in [3.63, 3.8) is 0 Å². The molecular formula is C64H60N10O9. The molecule has 2 aromatic heterocycles. The monoisotopic (exact) mass is 1110 g/mol.